The van der Waals surface area contributed by atoms with Crippen molar-refractivity contribution in [3.63, 3.8) is 0 Å². The molecule has 1 aromatic heterocycles. The molecular weight excluding hydrogens is 172 g/mol. The van der Waals surface area contributed by atoms with E-state index in [1.165, 1.54) is 43.9 Å². The van der Waals surface area contributed by atoms with Crippen molar-refractivity contribution in [2.75, 3.05) is 13.1 Å². The van der Waals surface area contributed by atoms with E-state index in [0.717, 1.165) is 5.92 Å². The fourth-order valence-electron chi connectivity index (χ4n) is 2.32. The second kappa shape index (κ2) is 4.18. The maximum Gasteiger partial charge on any atom is 0.0227 e. The summed E-state index contributed by atoms with van der Waals surface area (Å²) in [6.45, 7) is 8.02. The van der Waals surface area contributed by atoms with Gasteiger partial charge in [0.15, 0.2) is 0 Å². The van der Waals surface area contributed by atoms with E-state index in [1.54, 1.807) is 0 Å². The van der Waals surface area contributed by atoms with Crippen LogP contribution in [0.1, 0.15) is 24.2 Å². The molecule has 0 bridgehead atoms. The van der Waals surface area contributed by atoms with Crippen molar-refractivity contribution in [1.29, 1.82) is 0 Å². The maximum absolute atomic E-state index is 3.42. The molecule has 2 rings (SSSR count). The molecule has 78 valence electrons. The highest BCUT2D eigenvalue weighted by molar-refractivity contribution is 5.13. The Morgan fingerprint density at radius 3 is 2.64 bits per heavy atom. The van der Waals surface area contributed by atoms with Gasteiger partial charge in [-0.1, -0.05) is 0 Å². The molecule has 0 amide bonds. The van der Waals surface area contributed by atoms with Gasteiger partial charge in [0.25, 0.3) is 0 Å². The molecule has 0 aliphatic carbocycles. The zero-order valence-corrected chi connectivity index (χ0v) is 9.21. The smallest absolute Gasteiger partial charge is 0.0227 e. The normalized spacial score (nSPS) is 21.7. The monoisotopic (exact) mass is 192 g/mol. The molecule has 0 radical (unpaired) electrons. The SMILES string of the molecule is Cc1ccc(C)n1CCC1CCNC1. The molecule has 0 saturated carbocycles. The Kier molecular flexibility index (Phi) is 2.92. The van der Waals surface area contributed by atoms with Crippen LogP contribution in [-0.4, -0.2) is 17.7 Å². The average molecular weight is 192 g/mol. The number of rotatable bonds is 3. The summed E-state index contributed by atoms with van der Waals surface area (Å²) in [6.07, 6.45) is 2.68. The van der Waals surface area contributed by atoms with Crippen LogP contribution < -0.4 is 5.32 Å². The summed E-state index contributed by atoms with van der Waals surface area (Å²) in [6, 6.07) is 4.42. The first-order valence-electron chi connectivity index (χ1n) is 5.61. The summed E-state index contributed by atoms with van der Waals surface area (Å²) in [7, 11) is 0. The molecule has 1 saturated heterocycles. The van der Waals surface area contributed by atoms with Crippen molar-refractivity contribution in [3.8, 4) is 0 Å². The first-order valence-corrected chi connectivity index (χ1v) is 5.61. The predicted octanol–water partition coefficient (Wildman–Crippen LogP) is 2.10. The molecule has 1 aromatic rings. The van der Waals surface area contributed by atoms with Gasteiger partial charge in [-0.15, -0.1) is 0 Å². The Bertz CT molecular complexity index is 276. The van der Waals surface area contributed by atoms with Crippen molar-refractivity contribution in [2.24, 2.45) is 5.92 Å². The Hall–Kier alpha value is -0.760. The van der Waals surface area contributed by atoms with E-state index in [2.05, 4.69) is 35.9 Å². The Balaban J connectivity index is 1.90. The molecule has 1 atom stereocenters. The molecule has 14 heavy (non-hydrogen) atoms. The lowest BCUT2D eigenvalue weighted by Crippen LogP contribution is -2.12. The molecule has 0 aromatic carbocycles. The van der Waals surface area contributed by atoms with E-state index in [1.807, 2.05) is 0 Å². The molecule has 0 spiro atoms. The van der Waals surface area contributed by atoms with E-state index in [-0.39, 0.29) is 0 Å². The lowest BCUT2D eigenvalue weighted by molar-refractivity contribution is 0.473. The van der Waals surface area contributed by atoms with Gasteiger partial charge in [-0.3, -0.25) is 0 Å². The van der Waals surface area contributed by atoms with Crippen LogP contribution in [0, 0.1) is 19.8 Å². The van der Waals surface area contributed by atoms with E-state index in [0.29, 0.717) is 0 Å². The largest absolute Gasteiger partial charge is 0.349 e. The molecular formula is C12H20N2. The highest BCUT2D eigenvalue weighted by Gasteiger charge is 2.14. The Morgan fingerprint density at radius 1 is 1.36 bits per heavy atom. The van der Waals surface area contributed by atoms with Gasteiger partial charge >= 0.3 is 0 Å². The van der Waals surface area contributed by atoms with E-state index < -0.39 is 0 Å². The maximum atomic E-state index is 3.42. The van der Waals surface area contributed by atoms with Gasteiger partial charge in [0.05, 0.1) is 0 Å². The fraction of sp³-hybridized carbons (Fsp3) is 0.667. The van der Waals surface area contributed by atoms with Crippen LogP contribution in [0.15, 0.2) is 12.1 Å². The number of aryl methyl sites for hydroxylation is 2. The third-order valence-corrected chi connectivity index (χ3v) is 3.34. The zero-order valence-electron chi connectivity index (χ0n) is 9.21. The van der Waals surface area contributed by atoms with Crippen molar-refractivity contribution >= 4 is 0 Å². The summed E-state index contributed by atoms with van der Waals surface area (Å²) in [4.78, 5) is 0. The minimum absolute atomic E-state index is 0.899. The van der Waals surface area contributed by atoms with E-state index >= 15 is 0 Å². The highest BCUT2D eigenvalue weighted by atomic mass is 15.0. The Morgan fingerprint density at radius 2 is 2.07 bits per heavy atom. The molecule has 2 heteroatoms. The first kappa shape index (κ1) is 9.78. The molecule has 2 heterocycles. The second-order valence-electron chi connectivity index (χ2n) is 4.42. The summed E-state index contributed by atoms with van der Waals surface area (Å²) >= 11 is 0. The summed E-state index contributed by atoms with van der Waals surface area (Å²) in [5.74, 6) is 0.899. The van der Waals surface area contributed by atoms with Gasteiger partial charge in [-0.25, -0.2) is 0 Å². The molecule has 1 unspecified atom stereocenters. The van der Waals surface area contributed by atoms with Crippen LogP contribution in [0.2, 0.25) is 0 Å². The van der Waals surface area contributed by atoms with Crippen molar-refractivity contribution in [3.05, 3.63) is 23.5 Å². The van der Waals surface area contributed by atoms with Crippen molar-refractivity contribution in [2.45, 2.75) is 33.2 Å². The molecule has 1 aliphatic heterocycles. The van der Waals surface area contributed by atoms with Crippen LogP contribution in [0.3, 0.4) is 0 Å². The quantitative estimate of drug-likeness (QED) is 0.776. The predicted molar refractivity (Wildman–Crippen MR) is 59.5 cm³/mol. The zero-order chi connectivity index (χ0) is 9.97. The molecule has 2 nitrogen and oxygen atoms in total. The van der Waals surface area contributed by atoms with Gasteiger partial charge in [-0.05, 0) is 57.8 Å². The minimum Gasteiger partial charge on any atom is -0.349 e. The lowest BCUT2D eigenvalue weighted by atomic mass is 10.1. The second-order valence-corrected chi connectivity index (χ2v) is 4.42. The molecule has 1 aliphatic rings. The van der Waals surface area contributed by atoms with Gasteiger partial charge in [0, 0.05) is 17.9 Å². The van der Waals surface area contributed by atoms with E-state index in [9.17, 15) is 0 Å². The molecule has 1 N–H and O–H groups in total. The number of nitrogens with zero attached hydrogens (tertiary/aromatic N) is 1. The van der Waals surface area contributed by atoms with Crippen molar-refractivity contribution in [1.82, 2.24) is 9.88 Å². The van der Waals surface area contributed by atoms with Crippen molar-refractivity contribution < 1.29 is 0 Å². The average Bonchev–Trinajstić information content (AvgIpc) is 2.76. The summed E-state index contributed by atoms with van der Waals surface area (Å²) in [5, 5.41) is 3.42. The minimum atomic E-state index is 0.899. The molecule has 1 fully saturated rings. The third kappa shape index (κ3) is 2.01. The van der Waals surface area contributed by atoms with Gasteiger partial charge in [-0.2, -0.15) is 0 Å². The van der Waals surface area contributed by atoms with E-state index in [4.69, 9.17) is 0 Å². The van der Waals surface area contributed by atoms with Crippen LogP contribution in [0.4, 0.5) is 0 Å². The topological polar surface area (TPSA) is 17.0 Å². The first-order chi connectivity index (χ1) is 6.77. The highest BCUT2D eigenvalue weighted by Crippen LogP contribution is 2.15. The Labute approximate surface area is 86.3 Å². The fourth-order valence-corrected chi connectivity index (χ4v) is 2.32. The summed E-state index contributed by atoms with van der Waals surface area (Å²) in [5.41, 5.74) is 2.79. The van der Waals surface area contributed by atoms with Gasteiger partial charge in [0.2, 0.25) is 0 Å². The van der Waals surface area contributed by atoms with Crippen LogP contribution in [0.25, 0.3) is 0 Å². The summed E-state index contributed by atoms with van der Waals surface area (Å²) < 4.78 is 2.43. The lowest BCUT2D eigenvalue weighted by Gasteiger charge is -2.12. The standard InChI is InChI=1S/C12H20N2/c1-10-3-4-11(2)14(10)8-6-12-5-7-13-9-12/h3-4,12-13H,5-9H2,1-2H3. The van der Waals surface area contributed by atoms with Crippen LogP contribution in [-0.2, 0) is 6.54 Å². The number of aromatic nitrogens is 1. The third-order valence-electron chi connectivity index (χ3n) is 3.34. The van der Waals surface area contributed by atoms with Gasteiger partial charge in [0.1, 0.15) is 0 Å². The van der Waals surface area contributed by atoms with Crippen LogP contribution >= 0.6 is 0 Å². The van der Waals surface area contributed by atoms with Crippen LogP contribution in [0.5, 0.6) is 0 Å². The number of hydrogen-bond donors (Lipinski definition) is 1. The van der Waals surface area contributed by atoms with Gasteiger partial charge < -0.3 is 9.88 Å². The number of nitrogens with one attached hydrogen (secondary N) is 1. The number of hydrogen-bond acceptors (Lipinski definition) is 1.